The van der Waals surface area contributed by atoms with Crippen molar-refractivity contribution in [1.82, 2.24) is 4.31 Å². The maximum Gasteiger partial charge on any atom is 0.271 e. The predicted molar refractivity (Wildman–Crippen MR) is 91.7 cm³/mol. The molecule has 3 rings (SSSR count). The molecular weight excluding hydrogens is 368 g/mol. The van der Waals surface area contributed by atoms with Crippen molar-refractivity contribution in [1.29, 1.82) is 0 Å². The lowest BCUT2D eigenvalue weighted by Crippen LogP contribution is -2.43. The van der Waals surface area contributed by atoms with Crippen LogP contribution in [0.15, 0.2) is 17.0 Å². The summed E-state index contributed by atoms with van der Waals surface area (Å²) in [5.74, 6) is -0.209. The largest absolute Gasteiger partial charge is 0.271 e. The molecule has 1 saturated carbocycles. The Labute approximate surface area is 147 Å². The van der Waals surface area contributed by atoms with E-state index in [1.807, 2.05) is 0 Å². The summed E-state index contributed by atoms with van der Waals surface area (Å²) < 4.78 is 51.4. The molecule has 2 aliphatic rings. The van der Waals surface area contributed by atoms with Crippen molar-refractivity contribution in [2.45, 2.75) is 50.1 Å². The summed E-state index contributed by atoms with van der Waals surface area (Å²) in [6, 6.07) is 1.61. The zero-order valence-electron chi connectivity index (χ0n) is 14.0. The van der Waals surface area contributed by atoms with Crippen LogP contribution in [-0.4, -0.2) is 49.7 Å². The highest BCUT2D eigenvalue weighted by atomic mass is 32.2. The molecule has 25 heavy (non-hydrogen) atoms. The van der Waals surface area contributed by atoms with Gasteiger partial charge >= 0.3 is 0 Å². The minimum Gasteiger partial charge on any atom is -0.258 e. The molecule has 0 aromatic heterocycles. The first-order valence-corrected chi connectivity index (χ1v) is 11.3. The fourth-order valence-electron chi connectivity index (χ4n) is 3.29. The van der Waals surface area contributed by atoms with Crippen molar-refractivity contribution in [2.24, 2.45) is 0 Å². The van der Waals surface area contributed by atoms with Gasteiger partial charge in [0.2, 0.25) is 10.0 Å². The van der Waals surface area contributed by atoms with E-state index >= 15 is 0 Å². The van der Waals surface area contributed by atoms with E-state index in [4.69, 9.17) is 0 Å². The van der Waals surface area contributed by atoms with Crippen LogP contribution in [0.2, 0.25) is 0 Å². The molecular formula is C15H20N2O6S2. The number of non-ortho nitro benzene ring substituents is 1. The third kappa shape index (κ3) is 3.42. The molecule has 1 aromatic carbocycles. The average molecular weight is 388 g/mol. The molecule has 8 nitrogen and oxygen atoms in total. The maximum atomic E-state index is 13.3. The van der Waals surface area contributed by atoms with E-state index in [9.17, 15) is 26.9 Å². The number of nitro groups is 1. The molecule has 2 fully saturated rings. The lowest BCUT2D eigenvalue weighted by atomic mass is 10.1. The number of sulfonamides is 1. The highest BCUT2D eigenvalue weighted by Crippen LogP contribution is 2.38. The summed E-state index contributed by atoms with van der Waals surface area (Å²) in [6.45, 7) is 3.24. The Kier molecular flexibility index (Phi) is 4.41. The van der Waals surface area contributed by atoms with E-state index in [1.165, 1.54) is 10.4 Å². The Hall–Kier alpha value is -1.52. The number of rotatable bonds is 5. The Morgan fingerprint density at radius 3 is 2.28 bits per heavy atom. The summed E-state index contributed by atoms with van der Waals surface area (Å²) in [6.07, 6.45) is 1.64. The van der Waals surface area contributed by atoms with Gasteiger partial charge in [0, 0.05) is 24.2 Å². The van der Waals surface area contributed by atoms with Crippen LogP contribution in [-0.2, 0) is 19.9 Å². The van der Waals surface area contributed by atoms with E-state index in [-0.39, 0.29) is 34.6 Å². The van der Waals surface area contributed by atoms with Crippen molar-refractivity contribution < 1.29 is 21.8 Å². The van der Waals surface area contributed by atoms with Crippen LogP contribution in [0.5, 0.6) is 0 Å². The Morgan fingerprint density at radius 1 is 1.16 bits per heavy atom. The van der Waals surface area contributed by atoms with Crippen molar-refractivity contribution in [3.05, 3.63) is 33.4 Å². The van der Waals surface area contributed by atoms with Crippen molar-refractivity contribution in [3.63, 3.8) is 0 Å². The standard InChI is InChI=1S/C15H20N2O6S2/c1-10-7-14(17(18)19)8-15(11(10)2)25(22,23)16(12-3-4-12)13-5-6-24(20,21)9-13/h7-8,12-13H,3-6,9H2,1-2H3/t13-/m1/s1. The zero-order chi connectivity index (χ0) is 18.6. The lowest BCUT2D eigenvalue weighted by molar-refractivity contribution is -0.385. The lowest BCUT2D eigenvalue weighted by Gasteiger charge is -2.28. The smallest absolute Gasteiger partial charge is 0.258 e. The predicted octanol–water partition coefficient (Wildman–Crippen LogP) is 1.55. The summed E-state index contributed by atoms with van der Waals surface area (Å²) in [4.78, 5) is 10.4. The molecule has 0 bridgehead atoms. The van der Waals surface area contributed by atoms with E-state index in [0.717, 1.165) is 6.07 Å². The van der Waals surface area contributed by atoms with Gasteiger partial charge in [-0.2, -0.15) is 4.31 Å². The van der Waals surface area contributed by atoms with Gasteiger partial charge in [-0.05, 0) is 44.2 Å². The minimum atomic E-state index is -4.02. The summed E-state index contributed by atoms with van der Waals surface area (Å²) in [5, 5.41) is 11.1. The molecule has 0 radical (unpaired) electrons. The molecule has 10 heteroatoms. The third-order valence-corrected chi connectivity index (χ3v) is 8.73. The molecule has 0 amide bonds. The van der Waals surface area contributed by atoms with Gasteiger partial charge in [-0.3, -0.25) is 10.1 Å². The highest BCUT2D eigenvalue weighted by Gasteiger charge is 2.46. The van der Waals surface area contributed by atoms with Gasteiger partial charge in [0.1, 0.15) is 0 Å². The fourth-order valence-corrected chi connectivity index (χ4v) is 7.32. The number of benzene rings is 1. The van der Waals surface area contributed by atoms with Crippen LogP contribution in [0.4, 0.5) is 5.69 Å². The number of nitrogens with zero attached hydrogens (tertiary/aromatic N) is 2. The summed E-state index contributed by atoms with van der Waals surface area (Å²) >= 11 is 0. The number of nitro benzene ring substituents is 1. The Balaban J connectivity index is 2.09. The van der Waals surface area contributed by atoms with Gasteiger partial charge in [0.25, 0.3) is 5.69 Å². The van der Waals surface area contributed by atoms with Gasteiger partial charge in [0.05, 0.1) is 21.3 Å². The molecule has 1 heterocycles. The second-order valence-electron chi connectivity index (χ2n) is 6.77. The first-order valence-electron chi connectivity index (χ1n) is 8.02. The number of sulfone groups is 1. The second-order valence-corrected chi connectivity index (χ2v) is 10.8. The minimum absolute atomic E-state index is 0.0245. The van der Waals surface area contributed by atoms with Crippen molar-refractivity contribution >= 4 is 25.5 Å². The van der Waals surface area contributed by atoms with Crippen LogP contribution in [0.25, 0.3) is 0 Å². The van der Waals surface area contributed by atoms with Gasteiger partial charge in [-0.15, -0.1) is 0 Å². The van der Waals surface area contributed by atoms with Crippen LogP contribution in [0, 0.1) is 24.0 Å². The Bertz CT molecular complexity index is 935. The zero-order valence-corrected chi connectivity index (χ0v) is 15.6. The molecule has 1 aliphatic heterocycles. The van der Waals surface area contributed by atoms with Gasteiger partial charge in [-0.1, -0.05) is 0 Å². The molecule has 0 unspecified atom stereocenters. The van der Waals surface area contributed by atoms with Gasteiger partial charge in [0.15, 0.2) is 9.84 Å². The van der Waals surface area contributed by atoms with Crippen LogP contribution in [0.3, 0.4) is 0 Å². The summed E-state index contributed by atoms with van der Waals surface area (Å²) in [7, 11) is -7.26. The molecule has 1 aliphatic carbocycles. The topological polar surface area (TPSA) is 115 Å². The molecule has 1 saturated heterocycles. The third-order valence-electron chi connectivity index (χ3n) is 4.85. The van der Waals surface area contributed by atoms with Crippen LogP contribution in [0.1, 0.15) is 30.4 Å². The SMILES string of the molecule is Cc1cc([N+](=O)[O-])cc(S(=O)(=O)N(C2CC2)[C@@H]2CCS(=O)(=O)C2)c1C. The van der Waals surface area contributed by atoms with Crippen LogP contribution >= 0.6 is 0 Å². The quantitative estimate of drug-likeness (QED) is 0.558. The number of aryl methyl sites for hydroxylation is 1. The molecule has 0 N–H and O–H groups in total. The summed E-state index contributed by atoms with van der Waals surface area (Å²) in [5.41, 5.74) is 0.691. The fraction of sp³-hybridized carbons (Fsp3) is 0.600. The molecule has 1 aromatic rings. The van der Waals surface area contributed by atoms with Crippen molar-refractivity contribution in [3.8, 4) is 0 Å². The van der Waals surface area contributed by atoms with E-state index in [1.54, 1.807) is 13.8 Å². The van der Waals surface area contributed by atoms with Crippen molar-refractivity contribution in [2.75, 3.05) is 11.5 Å². The maximum absolute atomic E-state index is 13.3. The monoisotopic (exact) mass is 388 g/mol. The van der Waals surface area contributed by atoms with Gasteiger partial charge < -0.3 is 0 Å². The highest BCUT2D eigenvalue weighted by molar-refractivity contribution is 7.92. The first kappa shape index (κ1) is 18.3. The second kappa shape index (κ2) is 6.03. The molecule has 1 atom stereocenters. The normalized spacial score (nSPS) is 23.1. The van der Waals surface area contributed by atoms with Gasteiger partial charge in [-0.25, -0.2) is 16.8 Å². The molecule has 0 spiro atoms. The average Bonchev–Trinajstić information content (AvgIpc) is 3.25. The van der Waals surface area contributed by atoms with E-state index in [0.29, 0.717) is 24.0 Å². The number of hydrogen-bond donors (Lipinski definition) is 0. The van der Waals surface area contributed by atoms with E-state index < -0.39 is 30.8 Å². The van der Waals surface area contributed by atoms with E-state index in [2.05, 4.69) is 0 Å². The molecule has 138 valence electrons. The number of hydrogen-bond acceptors (Lipinski definition) is 6. The Morgan fingerprint density at radius 2 is 1.80 bits per heavy atom. The first-order chi connectivity index (χ1) is 11.5. The van der Waals surface area contributed by atoms with Crippen LogP contribution < -0.4 is 0 Å².